The molecular weight excluding hydrogens is 184 g/mol. The van der Waals surface area contributed by atoms with E-state index in [1.807, 2.05) is 0 Å². The molecule has 0 amide bonds. The smallest absolute Gasteiger partial charge is 0.115 e. The molecule has 0 N–H and O–H groups in total. The van der Waals surface area contributed by atoms with Crippen LogP contribution >= 0.6 is 11.8 Å². The van der Waals surface area contributed by atoms with E-state index >= 15 is 0 Å². The molecule has 13 heavy (non-hydrogen) atoms. The highest BCUT2D eigenvalue weighted by molar-refractivity contribution is 7.99. The first kappa shape index (κ1) is 10.0. The molecular formula is C9H10N2OS. The number of aromatic nitrogens is 2. The number of ether oxygens (including phenoxy) is 1. The SMILES string of the molecule is COCC#CCSc1cnccn1. The van der Waals surface area contributed by atoms with Gasteiger partial charge in [0.05, 0.1) is 11.9 Å². The Bertz CT molecular complexity index is 291. The van der Waals surface area contributed by atoms with E-state index in [0.717, 1.165) is 10.8 Å². The number of methoxy groups -OCH3 is 1. The quantitative estimate of drug-likeness (QED) is 0.535. The van der Waals surface area contributed by atoms with E-state index in [4.69, 9.17) is 4.74 Å². The Kier molecular flexibility index (Phi) is 4.99. The first-order valence-corrected chi connectivity index (χ1v) is 4.75. The summed E-state index contributed by atoms with van der Waals surface area (Å²) in [5, 5.41) is 0.897. The normalized spacial score (nSPS) is 9.00. The molecule has 3 nitrogen and oxygen atoms in total. The molecule has 0 fully saturated rings. The van der Waals surface area contributed by atoms with Crippen molar-refractivity contribution in [1.82, 2.24) is 9.97 Å². The first-order valence-electron chi connectivity index (χ1n) is 3.77. The summed E-state index contributed by atoms with van der Waals surface area (Å²) in [7, 11) is 1.63. The highest BCUT2D eigenvalue weighted by atomic mass is 32.2. The predicted octanol–water partition coefficient (Wildman–Crippen LogP) is 1.22. The Morgan fingerprint density at radius 2 is 2.38 bits per heavy atom. The van der Waals surface area contributed by atoms with Crippen molar-refractivity contribution in [3.63, 3.8) is 0 Å². The van der Waals surface area contributed by atoms with Gasteiger partial charge in [0.2, 0.25) is 0 Å². The lowest BCUT2D eigenvalue weighted by Crippen LogP contribution is -1.83. The van der Waals surface area contributed by atoms with E-state index in [0.29, 0.717) is 6.61 Å². The standard InChI is InChI=1S/C9H10N2OS/c1-12-6-2-3-7-13-9-8-10-4-5-11-9/h4-5,8H,6-7H2,1H3. The molecule has 0 spiro atoms. The van der Waals surface area contributed by atoms with Crippen molar-refractivity contribution in [2.45, 2.75) is 5.03 Å². The highest BCUT2D eigenvalue weighted by Crippen LogP contribution is 2.10. The third-order valence-electron chi connectivity index (χ3n) is 1.17. The zero-order valence-electron chi connectivity index (χ0n) is 7.36. The Morgan fingerprint density at radius 1 is 1.46 bits per heavy atom. The molecule has 0 radical (unpaired) electrons. The monoisotopic (exact) mass is 194 g/mol. The summed E-state index contributed by atoms with van der Waals surface area (Å²) in [4.78, 5) is 8.04. The molecule has 0 aliphatic heterocycles. The van der Waals surface area contributed by atoms with Crippen LogP contribution in [-0.4, -0.2) is 29.4 Å². The third-order valence-corrected chi connectivity index (χ3v) is 1.97. The average Bonchev–Trinajstić information content (AvgIpc) is 2.19. The van der Waals surface area contributed by atoms with Crippen LogP contribution in [0.5, 0.6) is 0 Å². The molecule has 1 aromatic rings. The number of rotatable bonds is 3. The molecule has 0 aliphatic rings. The van der Waals surface area contributed by atoms with Gasteiger partial charge in [-0.25, -0.2) is 4.98 Å². The van der Waals surface area contributed by atoms with Crippen molar-refractivity contribution in [2.24, 2.45) is 0 Å². The van der Waals surface area contributed by atoms with Gasteiger partial charge in [-0.2, -0.15) is 0 Å². The van der Waals surface area contributed by atoms with Crippen molar-refractivity contribution in [2.75, 3.05) is 19.5 Å². The van der Waals surface area contributed by atoms with Gasteiger partial charge in [-0.05, 0) is 0 Å². The van der Waals surface area contributed by atoms with E-state index in [1.165, 1.54) is 0 Å². The van der Waals surface area contributed by atoms with Crippen LogP contribution in [0.15, 0.2) is 23.6 Å². The second-order valence-corrected chi connectivity index (χ2v) is 3.11. The summed E-state index contributed by atoms with van der Waals surface area (Å²) >= 11 is 1.57. The average molecular weight is 194 g/mol. The van der Waals surface area contributed by atoms with Crippen molar-refractivity contribution in [3.8, 4) is 11.8 Å². The van der Waals surface area contributed by atoms with Crippen LogP contribution in [-0.2, 0) is 4.74 Å². The topological polar surface area (TPSA) is 35.0 Å². The van der Waals surface area contributed by atoms with Gasteiger partial charge in [0.1, 0.15) is 11.6 Å². The summed E-state index contributed by atoms with van der Waals surface area (Å²) in [6.45, 7) is 0.487. The molecule has 0 aromatic carbocycles. The summed E-state index contributed by atoms with van der Waals surface area (Å²) in [5.41, 5.74) is 0. The molecule has 0 unspecified atom stereocenters. The maximum Gasteiger partial charge on any atom is 0.115 e. The lowest BCUT2D eigenvalue weighted by atomic mass is 10.6. The molecule has 0 aliphatic carbocycles. The zero-order chi connectivity index (χ0) is 9.36. The Balaban J connectivity index is 2.25. The molecule has 1 rings (SSSR count). The van der Waals surface area contributed by atoms with Crippen molar-refractivity contribution in [1.29, 1.82) is 0 Å². The first-order chi connectivity index (χ1) is 6.43. The van der Waals surface area contributed by atoms with E-state index in [9.17, 15) is 0 Å². The Hall–Kier alpha value is -1.05. The van der Waals surface area contributed by atoms with Crippen LogP contribution in [0.3, 0.4) is 0 Å². The predicted molar refractivity (Wildman–Crippen MR) is 52.4 cm³/mol. The van der Waals surface area contributed by atoms with Gasteiger partial charge in [0.25, 0.3) is 0 Å². The fraction of sp³-hybridized carbons (Fsp3) is 0.333. The lowest BCUT2D eigenvalue weighted by molar-refractivity contribution is 0.240. The second-order valence-electron chi connectivity index (χ2n) is 2.12. The van der Waals surface area contributed by atoms with Gasteiger partial charge in [0, 0.05) is 19.5 Å². The molecule has 0 atom stereocenters. The van der Waals surface area contributed by atoms with Gasteiger partial charge >= 0.3 is 0 Å². The molecule has 0 bridgehead atoms. The van der Waals surface area contributed by atoms with Crippen molar-refractivity contribution >= 4 is 11.8 Å². The zero-order valence-corrected chi connectivity index (χ0v) is 8.17. The Labute approximate surface area is 81.9 Å². The van der Waals surface area contributed by atoms with Crippen molar-refractivity contribution in [3.05, 3.63) is 18.6 Å². The summed E-state index contributed by atoms with van der Waals surface area (Å²) < 4.78 is 4.78. The number of hydrogen-bond donors (Lipinski definition) is 0. The van der Waals surface area contributed by atoms with Crippen LogP contribution in [0.4, 0.5) is 0 Å². The summed E-state index contributed by atoms with van der Waals surface area (Å²) in [6, 6.07) is 0. The summed E-state index contributed by atoms with van der Waals surface area (Å²) in [6.07, 6.45) is 5.05. The largest absolute Gasteiger partial charge is 0.372 e. The maximum atomic E-state index is 4.78. The second kappa shape index (κ2) is 6.46. The lowest BCUT2D eigenvalue weighted by Gasteiger charge is -1.92. The minimum Gasteiger partial charge on any atom is -0.372 e. The molecule has 1 aromatic heterocycles. The van der Waals surface area contributed by atoms with Gasteiger partial charge in [0.15, 0.2) is 0 Å². The van der Waals surface area contributed by atoms with Crippen LogP contribution < -0.4 is 0 Å². The summed E-state index contributed by atoms with van der Waals surface area (Å²) in [5.74, 6) is 6.54. The van der Waals surface area contributed by atoms with E-state index in [2.05, 4.69) is 21.8 Å². The third kappa shape index (κ3) is 4.51. The molecule has 0 saturated heterocycles. The molecule has 68 valence electrons. The van der Waals surface area contributed by atoms with E-state index in [1.54, 1.807) is 37.5 Å². The van der Waals surface area contributed by atoms with Crippen LogP contribution in [0.1, 0.15) is 0 Å². The fourth-order valence-electron chi connectivity index (χ4n) is 0.644. The number of hydrogen-bond acceptors (Lipinski definition) is 4. The maximum absolute atomic E-state index is 4.78. The highest BCUT2D eigenvalue weighted by Gasteiger charge is 1.90. The van der Waals surface area contributed by atoms with Gasteiger partial charge in [-0.1, -0.05) is 23.6 Å². The molecule has 0 saturated carbocycles. The van der Waals surface area contributed by atoms with Gasteiger partial charge in [-0.3, -0.25) is 4.98 Å². The van der Waals surface area contributed by atoms with Crippen LogP contribution in [0.2, 0.25) is 0 Å². The van der Waals surface area contributed by atoms with Gasteiger partial charge < -0.3 is 4.74 Å². The van der Waals surface area contributed by atoms with Crippen LogP contribution in [0, 0.1) is 11.8 Å². The Morgan fingerprint density at radius 3 is 3.08 bits per heavy atom. The fourth-order valence-corrected chi connectivity index (χ4v) is 1.24. The van der Waals surface area contributed by atoms with E-state index < -0.39 is 0 Å². The number of nitrogens with zero attached hydrogens (tertiary/aromatic N) is 2. The minimum atomic E-state index is 0.487. The minimum absolute atomic E-state index is 0.487. The number of thioether (sulfide) groups is 1. The molecule has 4 heteroatoms. The van der Waals surface area contributed by atoms with E-state index in [-0.39, 0.29) is 0 Å². The van der Waals surface area contributed by atoms with Gasteiger partial charge in [-0.15, -0.1) is 0 Å². The van der Waals surface area contributed by atoms with Crippen LogP contribution in [0.25, 0.3) is 0 Å². The molecule has 1 heterocycles. The van der Waals surface area contributed by atoms with Crippen molar-refractivity contribution < 1.29 is 4.74 Å².